The summed E-state index contributed by atoms with van der Waals surface area (Å²) in [4.78, 5) is 4.56. The van der Waals surface area contributed by atoms with E-state index in [0.29, 0.717) is 11.4 Å². The Balaban J connectivity index is 2.16. The predicted octanol–water partition coefficient (Wildman–Crippen LogP) is 2.77. The third-order valence-electron chi connectivity index (χ3n) is 3.56. The molecule has 98 valence electrons. The van der Waals surface area contributed by atoms with Crippen molar-refractivity contribution in [3.63, 3.8) is 0 Å². The first-order valence-electron chi connectivity index (χ1n) is 6.56. The van der Waals surface area contributed by atoms with Crippen LogP contribution in [0.2, 0.25) is 0 Å². The normalized spacial score (nSPS) is 15.7. The van der Waals surface area contributed by atoms with E-state index < -0.39 is 0 Å². The number of rotatable bonds is 2. The molecule has 0 amide bonds. The van der Waals surface area contributed by atoms with Crippen molar-refractivity contribution in [3.8, 4) is 6.07 Å². The molecule has 1 aromatic heterocycles. The Hall–Kier alpha value is -1.73. The van der Waals surface area contributed by atoms with Gasteiger partial charge in [-0.3, -0.25) is 0 Å². The van der Waals surface area contributed by atoms with Gasteiger partial charge in [-0.1, -0.05) is 0 Å². The van der Waals surface area contributed by atoms with Crippen LogP contribution in [0.3, 0.4) is 0 Å². The molecule has 0 bridgehead atoms. The number of hydrogen-bond donors (Lipinski definition) is 0. The van der Waals surface area contributed by atoms with E-state index in [1.54, 1.807) is 6.07 Å². The maximum atomic E-state index is 9.04. The van der Waals surface area contributed by atoms with Crippen molar-refractivity contribution in [3.05, 3.63) is 29.6 Å². The smallest absolute Gasteiger partial charge is 0.143 e. The van der Waals surface area contributed by atoms with Crippen molar-refractivity contribution >= 4 is 22.6 Å². The highest BCUT2D eigenvalue weighted by Gasteiger charge is 2.18. The molecular weight excluding hydrogens is 260 g/mol. The van der Waals surface area contributed by atoms with Crippen LogP contribution in [0.5, 0.6) is 0 Å². The molecule has 1 saturated heterocycles. The van der Waals surface area contributed by atoms with Crippen LogP contribution in [0.4, 0.5) is 0 Å². The largest absolute Gasteiger partial charge is 0.311 e. The van der Waals surface area contributed by atoms with Crippen LogP contribution in [0.15, 0.2) is 18.2 Å². The lowest BCUT2D eigenvalue weighted by molar-refractivity contribution is 0.478. The summed E-state index contributed by atoms with van der Waals surface area (Å²) >= 11 is 6.02. The SMILES string of the molecule is N#Cc1ccc2nc(CCl)n(N3CCCCC3)c2c1. The standard InChI is InChI=1S/C14H15ClN4/c15-9-14-17-12-5-4-11(10-16)8-13(12)19(14)18-6-2-1-3-7-18/h4-5,8H,1-3,6-7,9H2. The molecule has 4 nitrogen and oxygen atoms in total. The van der Waals surface area contributed by atoms with Crippen molar-refractivity contribution in [2.24, 2.45) is 0 Å². The molecule has 1 aliphatic heterocycles. The molecule has 1 fully saturated rings. The summed E-state index contributed by atoms with van der Waals surface area (Å²) in [6, 6.07) is 7.77. The number of fused-ring (bicyclic) bond motifs is 1. The Labute approximate surface area is 117 Å². The van der Waals surface area contributed by atoms with Gasteiger partial charge in [0.25, 0.3) is 0 Å². The summed E-state index contributed by atoms with van der Waals surface area (Å²) < 4.78 is 2.10. The third-order valence-corrected chi connectivity index (χ3v) is 3.80. The van der Waals surface area contributed by atoms with Crippen LogP contribution in [-0.4, -0.2) is 22.7 Å². The van der Waals surface area contributed by atoms with Crippen molar-refractivity contribution < 1.29 is 0 Å². The summed E-state index contributed by atoms with van der Waals surface area (Å²) in [6.45, 7) is 2.04. The van der Waals surface area contributed by atoms with Crippen molar-refractivity contribution in [1.82, 2.24) is 9.66 Å². The zero-order valence-electron chi connectivity index (χ0n) is 10.6. The van der Waals surface area contributed by atoms with E-state index in [-0.39, 0.29) is 0 Å². The molecule has 5 heteroatoms. The molecular formula is C14H15ClN4. The Kier molecular flexibility index (Phi) is 3.31. The molecule has 0 unspecified atom stereocenters. The minimum atomic E-state index is 0.382. The number of aromatic nitrogens is 2. The van der Waals surface area contributed by atoms with Gasteiger partial charge in [-0.25, -0.2) is 9.66 Å². The molecule has 0 atom stereocenters. The van der Waals surface area contributed by atoms with Gasteiger partial charge in [0.1, 0.15) is 5.82 Å². The Bertz CT molecular complexity index is 635. The topological polar surface area (TPSA) is 44.9 Å². The van der Waals surface area contributed by atoms with E-state index in [9.17, 15) is 0 Å². The van der Waals surface area contributed by atoms with Crippen molar-refractivity contribution in [2.45, 2.75) is 25.1 Å². The summed E-state index contributed by atoms with van der Waals surface area (Å²) in [5.74, 6) is 1.24. The van der Waals surface area contributed by atoms with E-state index in [1.807, 2.05) is 12.1 Å². The number of imidazole rings is 1. The molecule has 0 spiro atoms. The van der Waals surface area contributed by atoms with E-state index >= 15 is 0 Å². The van der Waals surface area contributed by atoms with Crippen LogP contribution in [-0.2, 0) is 5.88 Å². The molecule has 3 rings (SSSR count). The van der Waals surface area contributed by atoms with Gasteiger partial charge in [0, 0.05) is 13.1 Å². The summed E-state index contributed by atoms with van der Waals surface area (Å²) in [5, 5.41) is 11.3. The van der Waals surface area contributed by atoms with Crippen LogP contribution >= 0.6 is 11.6 Å². The highest BCUT2D eigenvalue weighted by Crippen LogP contribution is 2.21. The lowest BCUT2D eigenvalue weighted by Crippen LogP contribution is -2.39. The Morgan fingerprint density at radius 1 is 1.26 bits per heavy atom. The quantitative estimate of drug-likeness (QED) is 0.791. The molecule has 19 heavy (non-hydrogen) atoms. The highest BCUT2D eigenvalue weighted by atomic mass is 35.5. The van der Waals surface area contributed by atoms with Crippen molar-refractivity contribution in [2.75, 3.05) is 18.1 Å². The minimum absolute atomic E-state index is 0.382. The number of nitriles is 1. The fourth-order valence-electron chi connectivity index (χ4n) is 2.66. The zero-order chi connectivity index (χ0) is 13.2. The van der Waals surface area contributed by atoms with E-state index in [1.165, 1.54) is 19.3 Å². The van der Waals surface area contributed by atoms with Gasteiger partial charge in [0.05, 0.1) is 28.5 Å². The molecule has 0 aliphatic carbocycles. The van der Waals surface area contributed by atoms with Crippen LogP contribution < -0.4 is 5.01 Å². The van der Waals surface area contributed by atoms with Gasteiger partial charge in [0.15, 0.2) is 0 Å². The predicted molar refractivity (Wildman–Crippen MR) is 75.8 cm³/mol. The molecule has 2 aromatic rings. The average Bonchev–Trinajstić information content (AvgIpc) is 2.85. The molecule has 0 saturated carbocycles. The summed E-state index contributed by atoms with van der Waals surface area (Å²) in [5.41, 5.74) is 2.55. The second-order valence-corrected chi connectivity index (χ2v) is 5.07. The molecule has 1 aromatic carbocycles. The number of hydrogen-bond acceptors (Lipinski definition) is 3. The highest BCUT2D eigenvalue weighted by molar-refractivity contribution is 6.16. The van der Waals surface area contributed by atoms with Gasteiger partial charge >= 0.3 is 0 Å². The number of piperidine rings is 1. The first kappa shape index (κ1) is 12.3. The van der Waals surface area contributed by atoms with Crippen molar-refractivity contribution in [1.29, 1.82) is 5.26 Å². The second-order valence-electron chi connectivity index (χ2n) is 4.80. The Morgan fingerprint density at radius 3 is 2.74 bits per heavy atom. The van der Waals surface area contributed by atoms with Gasteiger partial charge in [-0.2, -0.15) is 5.26 Å². The molecule has 0 N–H and O–H groups in total. The summed E-state index contributed by atoms with van der Waals surface area (Å²) in [7, 11) is 0. The number of benzene rings is 1. The minimum Gasteiger partial charge on any atom is -0.311 e. The average molecular weight is 275 g/mol. The van der Waals surface area contributed by atoms with E-state index in [2.05, 4.69) is 20.7 Å². The maximum absolute atomic E-state index is 9.04. The molecule has 2 heterocycles. The summed E-state index contributed by atoms with van der Waals surface area (Å²) in [6.07, 6.45) is 3.67. The van der Waals surface area contributed by atoms with Gasteiger partial charge in [-0.15, -0.1) is 11.6 Å². The van der Waals surface area contributed by atoms with Gasteiger partial charge in [0.2, 0.25) is 0 Å². The lowest BCUT2D eigenvalue weighted by Gasteiger charge is -2.31. The first-order valence-corrected chi connectivity index (χ1v) is 7.09. The van der Waals surface area contributed by atoms with Crippen LogP contribution in [0, 0.1) is 11.3 Å². The van der Waals surface area contributed by atoms with E-state index in [4.69, 9.17) is 16.9 Å². The van der Waals surface area contributed by atoms with Gasteiger partial charge < -0.3 is 5.01 Å². The zero-order valence-corrected chi connectivity index (χ0v) is 11.4. The maximum Gasteiger partial charge on any atom is 0.143 e. The first-order chi connectivity index (χ1) is 9.33. The second kappa shape index (κ2) is 5.10. The molecule has 0 radical (unpaired) electrons. The number of nitrogens with zero attached hydrogens (tertiary/aromatic N) is 4. The fourth-order valence-corrected chi connectivity index (χ4v) is 2.83. The van der Waals surface area contributed by atoms with Crippen LogP contribution in [0.25, 0.3) is 11.0 Å². The Morgan fingerprint density at radius 2 is 2.05 bits per heavy atom. The number of halogens is 1. The lowest BCUT2D eigenvalue weighted by atomic mass is 10.2. The van der Waals surface area contributed by atoms with E-state index in [0.717, 1.165) is 29.9 Å². The van der Waals surface area contributed by atoms with Crippen LogP contribution in [0.1, 0.15) is 30.7 Å². The fraction of sp³-hybridized carbons (Fsp3) is 0.429. The van der Waals surface area contributed by atoms with Gasteiger partial charge in [-0.05, 0) is 37.5 Å². The monoisotopic (exact) mass is 274 g/mol. The molecule has 1 aliphatic rings. The third kappa shape index (κ3) is 2.15. The number of alkyl halides is 1.